The summed E-state index contributed by atoms with van der Waals surface area (Å²) in [6, 6.07) is 0. The highest BCUT2D eigenvalue weighted by molar-refractivity contribution is 5.76. The van der Waals surface area contributed by atoms with Crippen LogP contribution in [0.2, 0.25) is 0 Å². The highest BCUT2D eigenvalue weighted by Gasteiger charge is 2.27. The number of imidazole rings is 1. The molecule has 27 heavy (non-hydrogen) atoms. The van der Waals surface area contributed by atoms with Crippen molar-refractivity contribution in [3.05, 3.63) is 35.2 Å². The van der Waals surface area contributed by atoms with Crippen molar-refractivity contribution in [2.45, 2.75) is 52.0 Å². The summed E-state index contributed by atoms with van der Waals surface area (Å²) in [4.78, 5) is 19.4. The average Bonchev–Trinajstić information content (AvgIpc) is 3.23. The lowest BCUT2D eigenvalue weighted by atomic mass is 9.96. The number of piperidine rings is 1. The van der Waals surface area contributed by atoms with Gasteiger partial charge in [-0.2, -0.15) is 5.10 Å². The molecule has 0 N–H and O–H groups in total. The number of hydrogen-bond acceptors (Lipinski definition) is 4. The summed E-state index contributed by atoms with van der Waals surface area (Å²) in [6.45, 7) is 7.16. The standard InChI is InChI=1S/C20H31N5O2/c1-15-18(16(2)23(3)22-15)7-8-19(26)25-10-5-6-17(14-25)20-21-9-11-24(20)12-13-27-4/h9,11,17H,5-8,10,12-14H2,1-4H3/t17-/m1/s1. The number of methoxy groups -OCH3 is 1. The van der Waals surface area contributed by atoms with Crippen LogP contribution in [0.3, 0.4) is 0 Å². The molecule has 1 atom stereocenters. The summed E-state index contributed by atoms with van der Waals surface area (Å²) in [5.41, 5.74) is 3.38. The van der Waals surface area contributed by atoms with Gasteiger partial charge in [0, 0.05) is 64.2 Å². The van der Waals surface area contributed by atoms with Crippen LogP contribution in [0.15, 0.2) is 12.4 Å². The number of amides is 1. The van der Waals surface area contributed by atoms with E-state index in [0.717, 1.165) is 56.1 Å². The van der Waals surface area contributed by atoms with Crippen molar-refractivity contribution >= 4 is 5.91 Å². The van der Waals surface area contributed by atoms with Crippen LogP contribution in [0.25, 0.3) is 0 Å². The molecule has 0 spiro atoms. The molecule has 0 saturated carbocycles. The van der Waals surface area contributed by atoms with E-state index in [1.807, 2.05) is 35.9 Å². The molecule has 3 rings (SSSR count). The van der Waals surface area contributed by atoms with Gasteiger partial charge in [0.15, 0.2) is 0 Å². The van der Waals surface area contributed by atoms with Crippen molar-refractivity contribution < 1.29 is 9.53 Å². The average molecular weight is 374 g/mol. The molecule has 0 unspecified atom stereocenters. The summed E-state index contributed by atoms with van der Waals surface area (Å²) < 4.78 is 9.24. The number of rotatable bonds is 7. The minimum Gasteiger partial charge on any atom is -0.383 e. The number of carbonyl (C=O) groups excluding carboxylic acids is 1. The molecule has 148 valence electrons. The molecule has 0 radical (unpaired) electrons. The minimum absolute atomic E-state index is 0.234. The third kappa shape index (κ3) is 4.40. The molecule has 7 heteroatoms. The van der Waals surface area contributed by atoms with Gasteiger partial charge in [0.25, 0.3) is 0 Å². The number of aromatic nitrogens is 4. The van der Waals surface area contributed by atoms with Crippen LogP contribution in [0.4, 0.5) is 0 Å². The first-order valence-electron chi connectivity index (χ1n) is 9.78. The van der Waals surface area contributed by atoms with E-state index in [1.54, 1.807) is 7.11 Å². The maximum Gasteiger partial charge on any atom is 0.222 e. The quantitative estimate of drug-likeness (QED) is 0.746. The highest BCUT2D eigenvalue weighted by atomic mass is 16.5. The molecular formula is C20H31N5O2. The second-order valence-corrected chi connectivity index (χ2v) is 7.42. The lowest BCUT2D eigenvalue weighted by Crippen LogP contribution is -2.40. The van der Waals surface area contributed by atoms with Gasteiger partial charge >= 0.3 is 0 Å². The van der Waals surface area contributed by atoms with Crippen LogP contribution in [-0.4, -0.2) is 56.9 Å². The maximum atomic E-state index is 12.8. The van der Waals surface area contributed by atoms with E-state index in [9.17, 15) is 4.79 Å². The van der Waals surface area contributed by atoms with Crippen molar-refractivity contribution in [1.82, 2.24) is 24.2 Å². The van der Waals surface area contributed by atoms with E-state index in [1.165, 1.54) is 5.56 Å². The van der Waals surface area contributed by atoms with Gasteiger partial charge in [0.1, 0.15) is 5.82 Å². The molecule has 0 aromatic carbocycles. The number of ether oxygens (including phenoxy) is 1. The molecule has 1 amide bonds. The van der Waals surface area contributed by atoms with Crippen LogP contribution >= 0.6 is 0 Å². The molecular weight excluding hydrogens is 342 g/mol. The van der Waals surface area contributed by atoms with Gasteiger partial charge in [-0.3, -0.25) is 9.48 Å². The normalized spacial score (nSPS) is 17.5. The van der Waals surface area contributed by atoms with E-state index >= 15 is 0 Å². The zero-order valence-corrected chi connectivity index (χ0v) is 16.9. The molecule has 1 saturated heterocycles. The first kappa shape index (κ1) is 19.6. The van der Waals surface area contributed by atoms with Crippen LogP contribution in [-0.2, 0) is 29.5 Å². The van der Waals surface area contributed by atoms with Gasteiger partial charge < -0.3 is 14.2 Å². The van der Waals surface area contributed by atoms with Crippen LogP contribution in [0.5, 0.6) is 0 Å². The predicted molar refractivity (Wildman–Crippen MR) is 104 cm³/mol. The van der Waals surface area contributed by atoms with Crippen molar-refractivity contribution in [2.24, 2.45) is 7.05 Å². The van der Waals surface area contributed by atoms with Gasteiger partial charge in [0.05, 0.1) is 12.3 Å². The largest absolute Gasteiger partial charge is 0.383 e. The maximum absolute atomic E-state index is 12.8. The zero-order valence-electron chi connectivity index (χ0n) is 16.9. The lowest BCUT2D eigenvalue weighted by molar-refractivity contribution is -0.132. The number of carbonyl (C=O) groups is 1. The first-order valence-corrected chi connectivity index (χ1v) is 9.78. The minimum atomic E-state index is 0.234. The lowest BCUT2D eigenvalue weighted by Gasteiger charge is -2.33. The third-order valence-electron chi connectivity index (χ3n) is 5.67. The predicted octanol–water partition coefficient (Wildman–Crippen LogP) is 2.22. The SMILES string of the molecule is COCCn1ccnc1[C@@H]1CCCN(C(=O)CCc2c(C)nn(C)c2C)C1. The van der Waals surface area contributed by atoms with E-state index in [2.05, 4.69) is 21.6 Å². The number of aryl methyl sites for hydroxylation is 2. The molecule has 1 aliphatic rings. The van der Waals surface area contributed by atoms with Gasteiger partial charge in [-0.15, -0.1) is 0 Å². The van der Waals surface area contributed by atoms with Crippen molar-refractivity contribution in [3.8, 4) is 0 Å². The molecule has 2 aromatic heterocycles. The van der Waals surface area contributed by atoms with E-state index < -0.39 is 0 Å². The fourth-order valence-corrected chi connectivity index (χ4v) is 4.04. The Kier molecular flexibility index (Phi) is 6.31. The Labute approximate surface area is 161 Å². The van der Waals surface area contributed by atoms with Gasteiger partial charge in [0.2, 0.25) is 5.91 Å². The zero-order chi connectivity index (χ0) is 19.4. The molecule has 1 fully saturated rings. The second-order valence-electron chi connectivity index (χ2n) is 7.42. The molecule has 0 bridgehead atoms. The number of likely N-dealkylation sites (tertiary alicyclic amines) is 1. The monoisotopic (exact) mass is 373 g/mol. The van der Waals surface area contributed by atoms with E-state index in [-0.39, 0.29) is 5.91 Å². The number of hydrogen-bond donors (Lipinski definition) is 0. The fraction of sp³-hybridized carbons (Fsp3) is 0.650. The molecule has 1 aliphatic heterocycles. The summed E-state index contributed by atoms with van der Waals surface area (Å²) in [6.07, 6.45) is 7.25. The Bertz CT molecular complexity index is 779. The van der Waals surface area contributed by atoms with Crippen LogP contribution < -0.4 is 0 Å². The molecule has 3 heterocycles. The third-order valence-corrected chi connectivity index (χ3v) is 5.67. The first-order chi connectivity index (χ1) is 13.0. The summed E-state index contributed by atoms with van der Waals surface area (Å²) in [7, 11) is 3.66. The summed E-state index contributed by atoms with van der Waals surface area (Å²) >= 11 is 0. The molecule has 7 nitrogen and oxygen atoms in total. The summed E-state index contributed by atoms with van der Waals surface area (Å²) in [5.74, 6) is 1.61. The summed E-state index contributed by atoms with van der Waals surface area (Å²) in [5, 5.41) is 4.45. The Morgan fingerprint density at radius 2 is 2.19 bits per heavy atom. The van der Waals surface area contributed by atoms with Crippen molar-refractivity contribution in [2.75, 3.05) is 26.8 Å². The van der Waals surface area contributed by atoms with Gasteiger partial charge in [-0.05, 0) is 38.7 Å². The Balaban J connectivity index is 1.60. The van der Waals surface area contributed by atoms with E-state index in [0.29, 0.717) is 18.9 Å². The van der Waals surface area contributed by atoms with Crippen molar-refractivity contribution in [1.29, 1.82) is 0 Å². The number of nitrogens with zero attached hydrogens (tertiary/aromatic N) is 5. The topological polar surface area (TPSA) is 65.2 Å². The Morgan fingerprint density at radius 3 is 2.89 bits per heavy atom. The van der Waals surface area contributed by atoms with Crippen molar-refractivity contribution in [3.63, 3.8) is 0 Å². The fourth-order valence-electron chi connectivity index (χ4n) is 4.04. The van der Waals surface area contributed by atoms with Gasteiger partial charge in [-0.1, -0.05) is 0 Å². The van der Waals surface area contributed by atoms with Crippen LogP contribution in [0, 0.1) is 13.8 Å². The molecule has 2 aromatic rings. The molecule has 0 aliphatic carbocycles. The van der Waals surface area contributed by atoms with Crippen LogP contribution in [0.1, 0.15) is 48.0 Å². The smallest absolute Gasteiger partial charge is 0.222 e. The van der Waals surface area contributed by atoms with E-state index in [4.69, 9.17) is 4.74 Å². The second kappa shape index (κ2) is 8.69. The Hall–Kier alpha value is -2.15. The van der Waals surface area contributed by atoms with Gasteiger partial charge in [-0.25, -0.2) is 4.98 Å². The Morgan fingerprint density at radius 1 is 1.37 bits per heavy atom. The highest BCUT2D eigenvalue weighted by Crippen LogP contribution is 2.26.